The lowest BCUT2D eigenvalue weighted by Gasteiger charge is -2.42. The number of hydrogen-bond acceptors (Lipinski definition) is 7. The van der Waals surface area contributed by atoms with E-state index in [2.05, 4.69) is 0 Å². The van der Waals surface area contributed by atoms with Gasteiger partial charge in [0.2, 0.25) is 12.0 Å². The minimum atomic E-state index is -0.961. The maximum atomic E-state index is 11.5. The van der Waals surface area contributed by atoms with Gasteiger partial charge in [0, 0.05) is 18.9 Å². The van der Waals surface area contributed by atoms with E-state index in [0.29, 0.717) is 11.1 Å². The SMILES string of the molecule is CC(=O)OC1C(Oc2c(C)cc(CO)cc2[N+](=O)[O-])OC(C)C(C)C1C. The Morgan fingerprint density at radius 2 is 1.96 bits per heavy atom. The van der Waals surface area contributed by atoms with Gasteiger partial charge in [-0.2, -0.15) is 0 Å². The van der Waals surface area contributed by atoms with E-state index in [1.807, 2.05) is 20.8 Å². The maximum absolute atomic E-state index is 11.5. The van der Waals surface area contributed by atoms with Gasteiger partial charge in [-0.25, -0.2) is 0 Å². The van der Waals surface area contributed by atoms with Crippen LogP contribution in [-0.4, -0.2) is 34.5 Å². The number of esters is 1. The van der Waals surface area contributed by atoms with Crippen molar-refractivity contribution in [3.05, 3.63) is 33.4 Å². The molecule has 5 atom stereocenters. The predicted octanol–water partition coefficient (Wildman–Crippen LogP) is 2.72. The molecule has 1 aliphatic heterocycles. The van der Waals surface area contributed by atoms with Crippen molar-refractivity contribution >= 4 is 11.7 Å². The molecule has 8 heteroatoms. The summed E-state index contributed by atoms with van der Waals surface area (Å²) < 4.78 is 17.1. The molecule has 144 valence electrons. The van der Waals surface area contributed by atoms with E-state index in [1.54, 1.807) is 13.0 Å². The number of nitro benzene ring substituents is 1. The molecule has 1 aromatic carbocycles. The molecule has 1 heterocycles. The van der Waals surface area contributed by atoms with Crippen molar-refractivity contribution in [2.75, 3.05) is 0 Å². The van der Waals surface area contributed by atoms with Crippen molar-refractivity contribution in [2.24, 2.45) is 11.8 Å². The first-order chi connectivity index (χ1) is 12.1. The molecule has 26 heavy (non-hydrogen) atoms. The molecule has 1 aromatic rings. The van der Waals surface area contributed by atoms with Crippen LogP contribution in [0.25, 0.3) is 0 Å². The second-order valence-electron chi connectivity index (χ2n) is 6.80. The van der Waals surface area contributed by atoms with E-state index in [0.717, 1.165) is 0 Å². The third-order valence-electron chi connectivity index (χ3n) is 4.94. The molecule has 1 N–H and O–H groups in total. The average molecular weight is 367 g/mol. The van der Waals surface area contributed by atoms with Gasteiger partial charge in [-0.15, -0.1) is 0 Å². The normalized spacial score (nSPS) is 28.5. The maximum Gasteiger partial charge on any atom is 0.311 e. The summed E-state index contributed by atoms with van der Waals surface area (Å²) >= 11 is 0. The summed E-state index contributed by atoms with van der Waals surface area (Å²) in [6, 6.07) is 2.88. The predicted molar refractivity (Wildman–Crippen MR) is 92.6 cm³/mol. The highest BCUT2D eigenvalue weighted by molar-refractivity contribution is 5.66. The number of benzene rings is 1. The molecule has 1 fully saturated rings. The lowest BCUT2D eigenvalue weighted by atomic mass is 9.84. The molecule has 0 amide bonds. The van der Waals surface area contributed by atoms with Crippen LogP contribution in [0.2, 0.25) is 0 Å². The summed E-state index contributed by atoms with van der Waals surface area (Å²) in [5, 5.41) is 20.7. The van der Waals surface area contributed by atoms with Crippen LogP contribution >= 0.6 is 0 Å². The van der Waals surface area contributed by atoms with Crippen LogP contribution in [-0.2, 0) is 20.9 Å². The van der Waals surface area contributed by atoms with Gasteiger partial charge in [-0.05, 0) is 37.0 Å². The van der Waals surface area contributed by atoms with Crippen molar-refractivity contribution in [3.8, 4) is 5.75 Å². The Bertz CT molecular complexity index is 690. The van der Waals surface area contributed by atoms with Gasteiger partial charge in [-0.3, -0.25) is 14.9 Å². The Morgan fingerprint density at radius 3 is 2.50 bits per heavy atom. The van der Waals surface area contributed by atoms with E-state index >= 15 is 0 Å². The van der Waals surface area contributed by atoms with E-state index in [1.165, 1.54) is 13.0 Å². The zero-order valence-corrected chi connectivity index (χ0v) is 15.6. The quantitative estimate of drug-likeness (QED) is 0.484. The zero-order valence-electron chi connectivity index (χ0n) is 15.6. The molecular weight excluding hydrogens is 342 g/mol. The lowest BCUT2D eigenvalue weighted by molar-refractivity contribution is -0.387. The number of nitro groups is 1. The minimum absolute atomic E-state index is 0.0447. The van der Waals surface area contributed by atoms with Crippen molar-refractivity contribution in [3.63, 3.8) is 0 Å². The Hall–Kier alpha value is -2.19. The van der Waals surface area contributed by atoms with E-state index in [9.17, 15) is 20.0 Å². The van der Waals surface area contributed by atoms with Gasteiger partial charge >= 0.3 is 11.7 Å². The summed E-state index contributed by atoms with van der Waals surface area (Å²) in [6.07, 6.45) is -1.81. The van der Waals surface area contributed by atoms with Crippen molar-refractivity contribution in [1.82, 2.24) is 0 Å². The van der Waals surface area contributed by atoms with Crippen LogP contribution in [0.3, 0.4) is 0 Å². The van der Waals surface area contributed by atoms with Gasteiger partial charge < -0.3 is 19.3 Å². The number of carbonyl (C=O) groups is 1. The van der Waals surface area contributed by atoms with Crippen LogP contribution in [0.5, 0.6) is 5.75 Å². The van der Waals surface area contributed by atoms with Crippen LogP contribution in [0.1, 0.15) is 38.8 Å². The molecule has 2 rings (SSSR count). The Morgan fingerprint density at radius 1 is 1.31 bits per heavy atom. The highest BCUT2D eigenvalue weighted by Gasteiger charge is 2.44. The fourth-order valence-electron chi connectivity index (χ4n) is 3.16. The molecule has 8 nitrogen and oxygen atoms in total. The highest BCUT2D eigenvalue weighted by atomic mass is 16.7. The molecule has 1 saturated heterocycles. The fourth-order valence-corrected chi connectivity index (χ4v) is 3.16. The number of aliphatic hydroxyl groups excluding tert-OH is 1. The van der Waals surface area contributed by atoms with Crippen LogP contribution in [0.15, 0.2) is 12.1 Å². The van der Waals surface area contributed by atoms with Crippen LogP contribution in [0.4, 0.5) is 5.69 Å². The van der Waals surface area contributed by atoms with Gasteiger partial charge in [0.05, 0.1) is 17.6 Å². The highest BCUT2D eigenvalue weighted by Crippen LogP contribution is 2.38. The molecule has 0 aromatic heterocycles. The van der Waals surface area contributed by atoms with Gasteiger partial charge in [-0.1, -0.05) is 13.8 Å². The number of carbonyl (C=O) groups excluding carboxylic acids is 1. The number of hydrogen-bond donors (Lipinski definition) is 1. The second kappa shape index (κ2) is 8.01. The molecule has 0 saturated carbocycles. The van der Waals surface area contributed by atoms with Crippen molar-refractivity contribution in [1.29, 1.82) is 0 Å². The first kappa shape index (κ1) is 20.1. The second-order valence-corrected chi connectivity index (χ2v) is 6.80. The van der Waals surface area contributed by atoms with Gasteiger partial charge in [0.25, 0.3) is 0 Å². The summed E-state index contributed by atoms with van der Waals surface area (Å²) in [6.45, 7) is 8.45. The number of nitrogens with zero attached hydrogens (tertiary/aromatic N) is 1. The third-order valence-corrected chi connectivity index (χ3v) is 4.94. The first-order valence-corrected chi connectivity index (χ1v) is 8.53. The van der Waals surface area contributed by atoms with Gasteiger partial charge in [0.15, 0.2) is 6.10 Å². The summed E-state index contributed by atoms with van der Waals surface area (Å²) in [5.41, 5.74) is 0.642. The first-order valence-electron chi connectivity index (χ1n) is 8.53. The fraction of sp³-hybridized carbons (Fsp3) is 0.611. The Balaban J connectivity index is 2.40. The zero-order chi connectivity index (χ0) is 19.6. The summed E-state index contributed by atoms with van der Waals surface area (Å²) in [5.74, 6) is -0.360. The third kappa shape index (κ3) is 4.13. The van der Waals surface area contributed by atoms with Crippen molar-refractivity contribution < 1.29 is 29.0 Å². The summed E-state index contributed by atoms with van der Waals surface area (Å²) in [7, 11) is 0. The molecular formula is C18H25NO7. The number of ether oxygens (including phenoxy) is 3. The van der Waals surface area contributed by atoms with E-state index in [4.69, 9.17) is 14.2 Å². The Labute approximate surface area is 152 Å². The monoisotopic (exact) mass is 367 g/mol. The molecule has 0 spiro atoms. The molecule has 0 radical (unpaired) electrons. The van der Waals surface area contributed by atoms with E-state index in [-0.39, 0.29) is 36.0 Å². The number of rotatable bonds is 5. The van der Waals surface area contributed by atoms with Crippen LogP contribution < -0.4 is 4.74 Å². The molecule has 1 aliphatic rings. The lowest BCUT2D eigenvalue weighted by Crippen LogP contribution is -2.52. The summed E-state index contributed by atoms with van der Waals surface area (Å²) in [4.78, 5) is 22.4. The molecule has 0 bridgehead atoms. The van der Waals surface area contributed by atoms with Gasteiger partial charge in [0.1, 0.15) is 0 Å². The van der Waals surface area contributed by atoms with Crippen LogP contribution in [0, 0.1) is 28.9 Å². The number of aliphatic hydroxyl groups is 1. The number of aryl methyl sites for hydroxylation is 1. The molecule has 0 aliphatic carbocycles. The van der Waals surface area contributed by atoms with E-state index < -0.39 is 23.3 Å². The minimum Gasteiger partial charge on any atom is -0.456 e. The standard InChI is InChI=1S/C18H25NO7/c1-9-6-14(8-20)7-15(19(22)23)16(9)26-18-17(25-13(5)21)11(3)10(2)12(4)24-18/h6-7,10-12,17-18,20H,8H2,1-5H3. The average Bonchev–Trinajstić information content (AvgIpc) is 2.57. The molecule has 5 unspecified atom stereocenters. The Kier molecular flexibility index (Phi) is 6.20. The van der Waals surface area contributed by atoms with Crippen molar-refractivity contribution in [2.45, 2.75) is 59.7 Å². The topological polar surface area (TPSA) is 108 Å². The smallest absolute Gasteiger partial charge is 0.311 e. The largest absolute Gasteiger partial charge is 0.456 e.